The van der Waals surface area contributed by atoms with E-state index in [9.17, 15) is 14.0 Å². The quantitative estimate of drug-likeness (QED) is 0.863. The lowest BCUT2D eigenvalue weighted by Gasteiger charge is -2.35. The first-order valence-corrected chi connectivity index (χ1v) is 9.97. The highest BCUT2D eigenvalue weighted by Crippen LogP contribution is 2.49. The van der Waals surface area contributed by atoms with Crippen LogP contribution >= 0.6 is 0 Å². The minimum absolute atomic E-state index is 0.202. The minimum atomic E-state index is -0.356. The molecule has 2 fully saturated rings. The molecule has 146 valence electrons. The Morgan fingerprint density at radius 1 is 1.07 bits per heavy atom. The second-order valence-corrected chi connectivity index (χ2v) is 7.92. The summed E-state index contributed by atoms with van der Waals surface area (Å²) in [4.78, 5) is 27.5. The Morgan fingerprint density at radius 2 is 1.79 bits per heavy atom. The van der Waals surface area contributed by atoms with Gasteiger partial charge >= 0.3 is 0 Å². The summed E-state index contributed by atoms with van der Waals surface area (Å²) < 4.78 is 13.0. The molecule has 0 radical (unpaired) electrons. The summed E-state index contributed by atoms with van der Waals surface area (Å²) in [5.41, 5.74) is 1.23. The van der Waals surface area contributed by atoms with E-state index in [1.165, 1.54) is 24.3 Å². The minimum Gasteiger partial charge on any atom is -0.352 e. The average Bonchev–Trinajstić information content (AvgIpc) is 3.55. The number of nitrogens with one attached hydrogen (secondary N) is 1. The number of rotatable bonds is 5. The number of likely N-dealkylation sites (tertiary alicyclic amines) is 1. The zero-order valence-corrected chi connectivity index (χ0v) is 15.9. The number of piperidine rings is 1. The van der Waals surface area contributed by atoms with Crippen LogP contribution in [-0.4, -0.2) is 36.3 Å². The number of amides is 2. The molecule has 4 nitrogen and oxygen atoms in total. The van der Waals surface area contributed by atoms with Crippen molar-refractivity contribution in [2.45, 2.75) is 31.1 Å². The van der Waals surface area contributed by atoms with E-state index in [2.05, 4.69) is 17.4 Å². The molecule has 1 aliphatic heterocycles. The van der Waals surface area contributed by atoms with Gasteiger partial charge in [0.15, 0.2) is 0 Å². The first-order chi connectivity index (χ1) is 13.6. The van der Waals surface area contributed by atoms with E-state index >= 15 is 0 Å². The Hall–Kier alpha value is -2.69. The van der Waals surface area contributed by atoms with Crippen molar-refractivity contribution >= 4 is 11.8 Å². The number of hydrogen-bond acceptors (Lipinski definition) is 2. The highest BCUT2D eigenvalue weighted by atomic mass is 19.1. The Labute approximate surface area is 164 Å². The summed E-state index contributed by atoms with van der Waals surface area (Å²) in [5.74, 6) is -0.0845. The van der Waals surface area contributed by atoms with E-state index in [1.54, 1.807) is 0 Å². The maximum Gasteiger partial charge on any atom is 0.251 e. The molecule has 0 bridgehead atoms. The third kappa shape index (κ3) is 3.79. The molecule has 1 N–H and O–H groups in total. The van der Waals surface area contributed by atoms with Crippen molar-refractivity contribution in [1.29, 1.82) is 0 Å². The second kappa shape index (κ2) is 7.74. The van der Waals surface area contributed by atoms with Gasteiger partial charge in [0.25, 0.3) is 5.91 Å². The molecular weight excluding hydrogens is 355 g/mol. The van der Waals surface area contributed by atoms with Crippen molar-refractivity contribution in [1.82, 2.24) is 10.2 Å². The second-order valence-electron chi connectivity index (χ2n) is 7.92. The van der Waals surface area contributed by atoms with Gasteiger partial charge in [-0.15, -0.1) is 0 Å². The van der Waals surface area contributed by atoms with Crippen LogP contribution in [0, 0.1) is 11.7 Å². The number of carbonyl (C=O) groups excluding carboxylic acids is 2. The zero-order valence-electron chi connectivity index (χ0n) is 15.9. The fourth-order valence-corrected chi connectivity index (χ4v) is 4.17. The van der Waals surface area contributed by atoms with Crippen molar-refractivity contribution in [3.63, 3.8) is 0 Å². The predicted octanol–water partition coefficient (Wildman–Crippen LogP) is 3.53. The zero-order chi connectivity index (χ0) is 19.6. The third-order valence-corrected chi connectivity index (χ3v) is 5.95. The molecule has 0 aromatic heterocycles. The van der Waals surface area contributed by atoms with Crippen molar-refractivity contribution in [3.05, 3.63) is 71.5 Å². The van der Waals surface area contributed by atoms with Crippen molar-refractivity contribution in [2.24, 2.45) is 5.92 Å². The third-order valence-electron chi connectivity index (χ3n) is 5.95. The maximum atomic E-state index is 13.2. The lowest BCUT2D eigenvalue weighted by atomic mass is 9.91. The lowest BCUT2D eigenvalue weighted by Crippen LogP contribution is -2.47. The Balaban J connectivity index is 1.35. The van der Waals surface area contributed by atoms with E-state index in [4.69, 9.17) is 0 Å². The van der Waals surface area contributed by atoms with Gasteiger partial charge in [-0.2, -0.15) is 0 Å². The van der Waals surface area contributed by atoms with Gasteiger partial charge in [0.05, 0.1) is 5.41 Å². The van der Waals surface area contributed by atoms with Gasteiger partial charge in [0.1, 0.15) is 5.82 Å². The van der Waals surface area contributed by atoms with E-state index in [-0.39, 0.29) is 29.0 Å². The number of carbonyl (C=O) groups is 2. The van der Waals surface area contributed by atoms with Crippen molar-refractivity contribution < 1.29 is 14.0 Å². The van der Waals surface area contributed by atoms with Crippen LogP contribution in [0.5, 0.6) is 0 Å². The van der Waals surface area contributed by atoms with Crippen LogP contribution in [0.25, 0.3) is 0 Å². The van der Waals surface area contributed by atoms with Crippen LogP contribution in [0.2, 0.25) is 0 Å². The molecule has 1 saturated heterocycles. The smallest absolute Gasteiger partial charge is 0.251 e. The lowest BCUT2D eigenvalue weighted by molar-refractivity contribution is -0.135. The molecule has 1 atom stereocenters. The highest BCUT2D eigenvalue weighted by Gasteiger charge is 2.53. The van der Waals surface area contributed by atoms with Crippen LogP contribution in [-0.2, 0) is 10.2 Å². The fourth-order valence-electron chi connectivity index (χ4n) is 4.17. The molecule has 0 spiro atoms. The summed E-state index contributed by atoms with van der Waals surface area (Å²) in [6.45, 7) is 1.99. The van der Waals surface area contributed by atoms with E-state index < -0.39 is 0 Å². The van der Waals surface area contributed by atoms with Gasteiger partial charge in [-0.25, -0.2) is 4.39 Å². The SMILES string of the molecule is O=C(NCC1CCCN(C(=O)C2(c3ccccc3)CC2)C1)c1ccc(F)cc1. The van der Waals surface area contributed by atoms with Crippen LogP contribution in [0.3, 0.4) is 0 Å². The van der Waals surface area contributed by atoms with Crippen molar-refractivity contribution in [2.75, 3.05) is 19.6 Å². The molecule has 28 heavy (non-hydrogen) atoms. The molecule has 2 aliphatic rings. The number of benzene rings is 2. The Kier molecular flexibility index (Phi) is 5.16. The van der Waals surface area contributed by atoms with Gasteiger partial charge < -0.3 is 10.2 Å². The molecule has 1 aliphatic carbocycles. The van der Waals surface area contributed by atoms with Crippen LogP contribution in [0.4, 0.5) is 4.39 Å². The summed E-state index contributed by atoms with van der Waals surface area (Å²) in [6, 6.07) is 15.6. The number of hydrogen-bond donors (Lipinski definition) is 1. The molecule has 1 heterocycles. The molecule has 2 amide bonds. The summed E-state index contributed by atoms with van der Waals surface area (Å²) in [5, 5.41) is 2.93. The van der Waals surface area contributed by atoms with Gasteiger partial charge in [-0.05, 0) is 61.4 Å². The molecule has 1 unspecified atom stereocenters. The van der Waals surface area contributed by atoms with Gasteiger partial charge in [-0.3, -0.25) is 9.59 Å². The number of halogens is 1. The monoisotopic (exact) mass is 380 g/mol. The predicted molar refractivity (Wildman–Crippen MR) is 105 cm³/mol. The highest BCUT2D eigenvalue weighted by molar-refractivity contribution is 5.94. The van der Waals surface area contributed by atoms with Gasteiger partial charge in [0.2, 0.25) is 5.91 Å². The maximum absolute atomic E-state index is 13.2. The molecular formula is C23H25FN2O2. The molecule has 2 aromatic carbocycles. The van der Waals surface area contributed by atoms with Crippen LogP contribution in [0.15, 0.2) is 54.6 Å². The molecule has 1 saturated carbocycles. The summed E-state index contributed by atoms with van der Waals surface area (Å²) in [6.07, 6.45) is 3.77. The average molecular weight is 380 g/mol. The number of nitrogens with zero attached hydrogens (tertiary/aromatic N) is 1. The summed E-state index contributed by atoms with van der Waals surface area (Å²) in [7, 11) is 0. The van der Waals surface area contributed by atoms with Gasteiger partial charge in [0, 0.05) is 25.2 Å². The van der Waals surface area contributed by atoms with E-state index in [1.807, 2.05) is 23.1 Å². The fraction of sp³-hybridized carbons (Fsp3) is 0.391. The molecule has 5 heteroatoms. The van der Waals surface area contributed by atoms with Gasteiger partial charge in [-0.1, -0.05) is 30.3 Å². The van der Waals surface area contributed by atoms with Crippen LogP contribution < -0.4 is 5.32 Å². The topological polar surface area (TPSA) is 49.4 Å². The summed E-state index contributed by atoms with van der Waals surface area (Å²) >= 11 is 0. The Morgan fingerprint density at radius 3 is 2.46 bits per heavy atom. The molecule has 4 rings (SSSR count). The van der Waals surface area contributed by atoms with E-state index in [0.29, 0.717) is 18.7 Å². The van der Waals surface area contributed by atoms with E-state index in [0.717, 1.165) is 37.8 Å². The standard InChI is InChI=1S/C23H25FN2O2/c24-20-10-8-18(9-11-20)21(27)25-15-17-5-4-14-26(16-17)22(28)23(12-13-23)19-6-2-1-3-7-19/h1-3,6-11,17H,4-5,12-16H2,(H,25,27). The molecule has 2 aromatic rings. The largest absolute Gasteiger partial charge is 0.352 e. The Bertz CT molecular complexity index is 847. The van der Waals surface area contributed by atoms with Crippen LogP contribution in [0.1, 0.15) is 41.6 Å². The first-order valence-electron chi connectivity index (χ1n) is 9.97. The van der Waals surface area contributed by atoms with Crippen molar-refractivity contribution in [3.8, 4) is 0 Å². The normalized spacial score (nSPS) is 20.5. The first kappa shape index (κ1) is 18.7.